The van der Waals surface area contributed by atoms with Crippen LogP contribution in [0.15, 0.2) is 57.8 Å². The number of nitrogens with one attached hydrogen (secondary N) is 1. The maximum Gasteiger partial charge on any atom is 0.281 e. The third-order valence-corrected chi connectivity index (χ3v) is 16.5. The lowest BCUT2D eigenvalue weighted by atomic mass is 9.55. The maximum absolute atomic E-state index is 15.4. The molecule has 306 valence electrons. The lowest BCUT2D eigenvalue weighted by Crippen LogP contribution is -2.55. The van der Waals surface area contributed by atoms with Crippen molar-refractivity contribution in [3.63, 3.8) is 0 Å². The predicted octanol–water partition coefficient (Wildman–Crippen LogP) is 8.73. The van der Waals surface area contributed by atoms with Gasteiger partial charge in [-0.25, -0.2) is 8.78 Å². The van der Waals surface area contributed by atoms with Gasteiger partial charge in [0.15, 0.2) is 0 Å². The molecule has 2 radical (unpaired) electrons. The zero-order valence-corrected chi connectivity index (χ0v) is 36.5. The fraction of sp³-hybridized carbons (Fsp3) is 0.532. The number of imide groups is 1. The molecular weight excluding hydrogens is 827 g/mol. The second kappa shape index (κ2) is 15.2. The molecule has 5 heterocycles. The zero-order chi connectivity index (χ0) is 40.8. The molecular formula is C47H51AlBrF2N5O3. The van der Waals surface area contributed by atoms with Crippen molar-refractivity contribution in [3.05, 3.63) is 97.5 Å². The van der Waals surface area contributed by atoms with Gasteiger partial charge < -0.3 is 9.80 Å². The molecule has 3 atom stereocenters. The van der Waals surface area contributed by atoms with Crippen molar-refractivity contribution >= 4 is 60.6 Å². The number of anilines is 1. The molecule has 2 saturated carbocycles. The Hall–Kier alpha value is -3.43. The molecule has 4 aromatic rings. The van der Waals surface area contributed by atoms with Crippen LogP contribution in [0.3, 0.4) is 0 Å². The molecule has 8 nitrogen and oxygen atoms in total. The van der Waals surface area contributed by atoms with Crippen molar-refractivity contribution in [1.29, 1.82) is 0 Å². The third kappa shape index (κ3) is 6.65. The second-order valence-electron chi connectivity index (χ2n) is 18.8. The number of aromatic nitrogens is 2. The normalized spacial score (nSPS) is 24.2. The van der Waals surface area contributed by atoms with E-state index >= 15 is 8.78 Å². The van der Waals surface area contributed by atoms with Gasteiger partial charge in [0.25, 0.3) is 5.56 Å². The predicted molar refractivity (Wildman–Crippen MR) is 230 cm³/mol. The minimum absolute atomic E-state index is 0.0763. The van der Waals surface area contributed by atoms with E-state index in [1.165, 1.54) is 48.2 Å². The summed E-state index contributed by atoms with van der Waals surface area (Å²) in [7, 11) is 0. The molecule has 1 aromatic heterocycles. The van der Waals surface area contributed by atoms with Crippen molar-refractivity contribution in [2.75, 3.05) is 31.1 Å². The highest BCUT2D eigenvalue weighted by Gasteiger charge is 2.51. The lowest BCUT2D eigenvalue weighted by Gasteiger charge is -2.58. The number of carbonyl (C=O) groups excluding carboxylic acids is 2. The van der Waals surface area contributed by atoms with E-state index in [0.717, 1.165) is 93.4 Å². The highest BCUT2D eigenvalue weighted by Crippen LogP contribution is 2.57. The van der Waals surface area contributed by atoms with Crippen LogP contribution in [0.2, 0.25) is 4.78 Å². The molecule has 2 amide bonds. The number of likely N-dealkylation sites (tertiary alicyclic amines) is 1. The molecule has 0 bridgehead atoms. The van der Waals surface area contributed by atoms with E-state index in [1.54, 1.807) is 0 Å². The highest BCUT2D eigenvalue weighted by atomic mass is 79.9. The Morgan fingerprint density at radius 3 is 2.29 bits per heavy atom. The summed E-state index contributed by atoms with van der Waals surface area (Å²) >= 11 is 6.77. The van der Waals surface area contributed by atoms with Gasteiger partial charge in [0, 0.05) is 41.3 Å². The molecule has 10 rings (SSSR count). The number of carbonyl (C=O) groups is 2. The molecule has 2 spiro atoms. The fourth-order valence-electron chi connectivity index (χ4n) is 12.5. The minimum atomic E-state index is -0.988. The van der Waals surface area contributed by atoms with E-state index in [-0.39, 0.29) is 34.8 Å². The van der Waals surface area contributed by atoms with Gasteiger partial charge in [-0.15, -0.1) is 0 Å². The van der Waals surface area contributed by atoms with Gasteiger partial charge in [-0.05, 0) is 146 Å². The van der Waals surface area contributed by atoms with Gasteiger partial charge in [0.2, 0.25) is 11.8 Å². The smallest absolute Gasteiger partial charge is 0.281 e. The summed E-state index contributed by atoms with van der Waals surface area (Å²) in [6.07, 6.45) is 12.4. The first kappa shape index (κ1) is 39.7. The number of benzene rings is 3. The Labute approximate surface area is 361 Å². The number of halogens is 3. The Balaban J connectivity index is 0.805. The third-order valence-electron chi connectivity index (χ3n) is 15.5. The first-order valence-corrected chi connectivity index (χ1v) is 23.3. The number of nitrogens with zero attached hydrogens (tertiary/aromatic N) is 4. The number of rotatable bonds is 6. The molecule has 3 aromatic carbocycles. The van der Waals surface area contributed by atoms with E-state index in [0.29, 0.717) is 33.7 Å². The summed E-state index contributed by atoms with van der Waals surface area (Å²) in [6, 6.07) is 16.5. The Bertz CT molecular complexity index is 2390. The monoisotopic (exact) mass is 877 g/mol. The van der Waals surface area contributed by atoms with Crippen LogP contribution < -0.4 is 15.8 Å². The van der Waals surface area contributed by atoms with Crippen LogP contribution in [0.1, 0.15) is 125 Å². The van der Waals surface area contributed by atoms with Crippen molar-refractivity contribution in [3.8, 4) is 5.69 Å². The molecule has 2 aliphatic carbocycles. The zero-order valence-electron chi connectivity index (χ0n) is 33.8. The topological polar surface area (TPSA) is 87.5 Å². The largest absolute Gasteiger partial charge is 0.371 e. The highest BCUT2D eigenvalue weighted by molar-refractivity contribution is 9.10. The number of hydrogen-bond acceptors (Lipinski definition) is 6. The van der Waals surface area contributed by atoms with Gasteiger partial charge >= 0.3 is 0 Å². The van der Waals surface area contributed by atoms with Gasteiger partial charge in [0.05, 0.1) is 27.9 Å². The number of piperidine rings is 3. The van der Waals surface area contributed by atoms with Crippen molar-refractivity contribution in [2.24, 2.45) is 11.3 Å². The van der Waals surface area contributed by atoms with E-state index in [4.69, 9.17) is 4.98 Å². The molecule has 3 saturated heterocycles. The van der Waals surface area contributed by atoms with Crippen molar-refractivity contribution in [2.45, 2.75) is 118 Å². The molecule has 4 aliphatic heterocycles. The Morgan fingerprint density at radius 2 is 1.61 bits per heavy atom. The maximum atomic E-state index is 15.4. The van der Waals surface area contributed by atoms with Gasteiger partial charge in [-0.1, -0.05) is 49.2 Å². The second-order valence-corrected chi connectivity index (χ2v) is 20.7. The Morgan fingerprint density at radius 1 is 0.898 bits per heavy atom. The molecule has 59 heavy (non-hydrogen) atoms. The Kier molecular flexibility index (Phi) is 10.2. The van der Waals surface area contributed by atoms with Crippen LogP contribution in [0.25, 0.3) is 16.6 Å². The van der Waals surface area contributed by atoms with Crippen molar-refractivity contribution in [1.82, 2.24) is 19.8 Å². The molecule has 6 aliphatic rings. The van der Waals surface area contributed by atoms with Gasteiger partial charge in [0.1, 0.15) is 33.7 Å². The fourth-order valence-corrected chi connectivity index (χ4v) is 13.6. The van der Waals surface area contributed by atoms with Crippen molar-refractivity contribution < 1.29 is 18.4 Å². The standard InChI is InChI=1S/C47H51BrF2N5O3.Al/c1-2-37(30-26-46(27-30)17-21-53(22-18-46)31-24-35(49)41(36(50)25-31)32-10-12-40(56)51-43(32)57)54-19-13-28(14-20-54)29-9-11-33-39(23-29)55-38-8-6-7-34(48)42(38)44(58)52-45(55)47(33)15-4-3-5-16-47;/h2,6-9,11,23-25,28,30,32,37H,3-5,10,12-22,26-27H2,1H3,(H,51,56,57);. The molecule has 3 unspecified atom stereocenters. The molecule has 1 N–H and O–H groups in total. The summed E-state index contributed by atoms with van der Waals surface area (Å²) in [4.78, 5) is 47.2. The summed E-state index contributed by atoms with van der Waals surface area (Å²) in [6.45, 7) is 5.98. The van der Waals surface area contributed by atoms with Crippen LogP contribution >= 0.6 is 15.9 Å². The van der Waals surface area contributed by atoms with E-state index in [9.17, 15) is 14.4 Å². The van der Waals surface area contributed by atoms with Crippen LogP contribution in [-0.2, 0) is 15.0 Å². The average molecular weight is 879 g/mol. The quantitative estimate of drug-likeness (QED) is 0.154. The number of fused-ring (bicyclic) bond motifs is 7. The minimum Gasteiger partial charge on any atom is -0.371 e. The summed E-state index contributed by atoms with van der Waals surface area (Å²) in [5.41, 5.74) is 5.08. The lowest BCUT2D eigenvalue weighted by molar-refractivity contribution is -0.134. The van der Waals surface area contributed by atoms with Crippen LogP contribution in [0.4, 0.5) is 14.5 Å². The first-order chi connectivity index (χ1) is 28.4. The van der Waals surface area contributed by atoms with Crippen LogP contribution in [0.5, 0.6) is 0 Å². The van der Waals surface area contributed by atoms with Crippen LogP contribution in [-0.4, -0.2) is 74.8 Å². The number of amides is 2. The summed E-state index contributed by atoms with van der Waals surface area (Å²) in [5, 5.41) is 2.87. The summed E-state index contributed by atoms with van der Waals surface area (Å²) in [5.74, 6) is -1.43. The van der Waals surface area contributed by atoms with Gasteiger partial charge in [-0.2, -0.15) is 4.98 Å². The SMILES string of the molecule is C[CH]([Al])C(C1CC2(CCN(c3cc(F)c(C4CCC(=O)NC4=O)c(F)c3)CC2)C1)N1CCC(c2ccc3c(c2)-n2c(nc(=O)c4c(Br)cccc42)C32CCCCC2)CC1. The van der Waals surface area contributed by atoms with E-state index < -0.39 is 29.4 Å². The summed E-state index contributed by atoms with van der Waals surface area (Å²) < 4.78 is 34.3. The molecule has 12 heteroatoms. The van der Waals surface area contributed by atoms with E-state index in [1.807, 2.05) is 12.1 Å². The first-order valence-electron chi connectivity index (χ1n) is 21.9. The van der Waals surface area contributed by atoms with Crippen LogP contribution in [0, 0.1) is 23.0 Å². The van der Waals surface area contributed by atoms with E-state index in [2.05, 4.69) is 83.1 Å². The average Bonchev–Trinajstić information content (AvgIpc) is 3.46. The number of hydrogen-bond donors (Lipinski definition) is 1. The molecule has 5 fully saturated rings. The van der Waals surface area contributed by atoms with Gasteiger partial charge in [-0.3, -0.25) is 24.3 Å².